The van der Waals surface area contributed by atoms with E-state index in [1.165, 1.54) is 4.90 Å². The van der Waals surface area contributed by atoms with Crippen LogP contribution in [0.4, 0.5) is 10.5 Å². The monoisotopic (exact) mass is 500 g/mol. The quantitative estimate of drug-likeness (QED) is 0.343. The molecule has 0 spiro atoms. The molecule has 0 unspecified atom stereocenters. The smallest absolute Gasteiger partial charge is 0.338 e. The van der Waals surface area contributed by atoms with Gasteiger partial charge in [-0.25, -0.2) is 4.79 Å². The number of ether oxygens (including phenoxy) is 1. The van der Waals surface area contributed by atoms with Gasteiger partial charge in [-0.15, -0.1) is 0 Å². The van der Waals surface area contributed by atoms with E-state index in [0.717, 1.165) is 22.9 Å². The number of carbonyl (C=O) groups is 4. The number of benzene rings is 3. The molecule has 1 aliphatic heterocycles. The summed E-state index contributed by atoms with van der Waals surface area (Å²) in [6.07, 6.45) is 2.21. The Hall–Kier alpha value is -4.17. The number of amides is 3. The molecule has 1 heterocycles. The molecule has 1 N–H and O–H groups in total. The number of carbonyl (C=O) groups excluding carboxylic acids is 4. The molecule has 0 aliphatic carbocycles. The second-order valence-electron chi connectivity index (χ2n) is 8.18. The third-order valence-electron chi connectivity index (χ3n) is 5.45. The van der Waals surface area contributed by atoms with Gasteiger partial charge in [0.15, 0.2) is 6.61 Å². The molecule has 1 aliphatic rings. The largest absolute Gasteiger partial charge is 0.452 e. The van der Waals surface area contributed by atoms with Crippen LogP contribution in [0, 0.1) is 6.92 Å². The van der Waals surface area contributed by atoms with Crippen molar-refractivity contribution in [2.45, 2.75) is 13.3 Å². The Balaban J connectivity index is 1.30. The predicted octanol–water partition coefficient (Wildman–Crippen LogP) is 5.07. The molecule has 0 radical (unpaired) electrons. The van der Waals surface area contributed by atoms with Crippen LogP contribution in [0.15, 0.2) is 83.8 Å². The number of imide groups is 1. The molecule has 8 heteroatoms. The van der Waals surface area contributed by atoms with Gasteiger partial charge in [-0.2, -0.15) is 0 Å². The summed E-state index contributed by atoms with van der Waals surface area (Å²) >= 11 is 0.897. The highest BCUT2D eigenvalue weighted by Crippen LogP contribution is 2.32. The van der Waals surface area contributed by atoms with E-state index in [1.54, 1.807) is 42.5 Å². The van der Waals surface area contributed by atoms with Crippen molar-refractivity contribution in [3.63, 3.8) is 0 Å². The van der Waals surface area contributed by atoms with Gasteiger partial charge in [-0.05, 0) is 66.6 Å². The number of anilines is 1. The zero-order valence-electron chi connectivity index (χ0n) is 19.6. The lowest BCUT2D eigenvalue weighted by atomic mass is 10.1. The summed E-state index contributed by atoms with van der Waals surface area (Å²) in [6.45, 7) is 1.85. The van der Waals surface area contributed by atoms with Gasteiger partial charge < -0.3 is 10.1 Å². The standard InChI is InChI=1S/C28H24N2O5S/c1-19-7-13-23(14-8-19)29-25(31)18-35-27(33)22-11-9-21(10-12-22)17-24-26(32)30(28(34)36-24)16-15-20-5-3-2-4-6-20/h2-14,17H,15-16,18H2,1H3,(H,29,31)/b24-17-. The predicted molar refractivity (Wildman–Crippen MR) is 139 cm³/mol. The molecule has 0 bridgehead atoms. The first-order valence-electron chi connectivity index (χ1n) is 11.3. The molecule has 4 rings (SSSR count). The highest BCUT2D eigenvalue weighted by Gasteiger charge is 2.34. The van der Waals surface area contributed by atoms with Crippen LogP contribution in [-0.4, -0.2) is 41.1 Å². The molecule has 3 aromatic rings. The van der Waals surface area contributed by atoms with E-state index >= 15 is 0 Å². The first-order chi connectivity index (χ1) is 17.4. The van der Waals surface area contributed by atoms with E-state index < -0.39 is 18.5 Å². The van der Waals surface area contributed by atoms with Crippen LogP contribution in [0.2, 0.25) is 0 Å². The van der Waals surface area contributed by atoms with Crippen LogP contribution < -0.4 is 5.32 Å². The summed E-state index contributed by atoms with van der Waals surface area (Å²) in [6, 6.07) is 23.3. The zero-order chi connectivity index (χ0) is 25.5. The molecule has 3 amide bonds. The summed E-state index contributed by atoms with van der Waals surface area (Å²) in [5, 5.41) is 2.37. The second-order valence-corrected chi connectivity index (χ2v) is 9.17. The van der Waals surface area contributed by atoms with Gasteiger partial charge in [0.05, 0.1) is 10.5 Å². The normalized spacial score (nSPS) is 14.2. The SMILES string of the molecule is Cc1ccc(NC(=O)COC(=O)c2ccc(/C=C3\SC(=O)N(CCc4ccccc4)C3=O)cc2)cc1. The van der Waals surface area contributed by atoms with Crippen molar-refractivity contribution >= 4 is 46.5 Å². The fourth-order valence-corrected chi connectivity index (χ4v) is 4.36. The lowest BCUT2D eigenvalue weighted by molar-refractivity contribution is -0.122. The van der Waals surface area contributed by atoms with E-state index in [2.05, 4.69) is 5.32 Å². The van der Waals surface area contributed by atoms with Crippen molar-refractivity contribution in [1.29, 1.82) is 0 Å². The van der Waals surface area contributed by atoms with Gasteiger partial charge in [0.2, 0.25) is 0 Å². The highest BCUT2D eigenvalue weighted by molar-refractivity contribution is 8.18. The molecule has 36 heavy (non-hydrogen) atoms. The van der Waals surface area contributed by atoms with Crippen molar-refractivity contribution in [3.8, 4) is 0 Å². The van der Waals surface area contributed by atoms with Crippen molar-refractivity contribution < 1.29 is 23.9 Å². The summed E-state index contributed by atoms with van der Waals surface area (Å²) in [5.74, 6) is -1.40. The number of rotatable bonds is 8. The number of nitrogens with zero attached hydrogens (tertiary/aromatic N) is 1. The number of esters is 1. The zero-order valence-corrected chi connectivity index (χ0v) is 20.4. The number of hydrogen-bond acceptors (Lipinski definition) is 6. The third-order valence-corrected chi connectivity index (χ3v) is 6.36. The number of thioether (sulfide) groups is 1. The van der Waals surface area contributed by atoms with E-state index in [0.29, 0.717) is 29.1 Å². The first-order valence-corrected chi connectivity index (χ1v) is 12.1. The minimum absolute atomic E-state index is 0.270. The van der Waals surface area contributed by atoms with E-state index in [4.69, 9.17) is 4.74 Å². The second kappa shape index (κ2) is 11.5. The molecule has 1 saturated heterocycles. The van der Waals surface area contributed by atoms with Crippen molar-refractivity contribution in [1.82, 2.24) is 4.90 Å². The fourth-order valence-electron chi connectivity index (χ4n) is 3.49. The van der Waals surface area contributed by atoms with E-state index in [9.17, 15) is 19.2 Å². The topological polar surface area (TPSA) is 92.8 Å². The van der Waals surface area contributed by atoms with Crippen molar-refractivity contribution in [3.05, 3.63) is 106 Å². The lowest BCUT2D eigenvalue weighted by Crippen LogP contribution is -2.30. The van der Waals surface area contributed by atoms with E-state index in [1.807, 2.05) is 49.4 Å². The van der Waals surface area contributed by atoms with Gasteiger partial charge in [0.1, 0.15) is 0 Å². The Morgan fingerprint density at radius 2 is 1.64 bits per heavy atom. The van der Waals surface area contributed by atoms with E-state index in [-0.39, 0.29) is 16.7 Å². The Morgan fingerprint density at radius 3 is 2.33 bits per heavy atom. The Bertz CT molecular complexity index is 1300. The summed E-state index contributed by atoms with van der Waals surface area (Å²) in [7, 11) is 0. The number of aryl methyl sites for hydroxylation is 1. The maximum absolute atomic E-state index is 12.7. The summed E-state index contributed by atoms with van der Waals surface area (Å²) < 4.78 is 5.09. The molecule has 0 saturated carbocycles. The molecular formula is C28H24N2O5S. The molecule has 3 aromatic carbocycles. The van der Waals surface area contributed by atoms with Crippen molar-refractivity contribution in [2.24, 2.45) is 0 Å². The third kappa shape index (κ3) is 6.49. The summed E-state index contributed by atoms with van der Waals surface area (Å²) in [4.78, 5) is 51.0. The van der Waals surface area contributed by atoms with Gasteiger partial charge in [-0.3, -0.25) is 19.3 Å². The van der Waals surface area contributed by atoms with Crippen LogP contribution in [0.1, 0.15) is 27.0 Å². The van der Waals surface area contributed by atoms with Crippen LogP contribution in [-0.2, 0) is 20.7 Å². The molecule has 0 atom stereocenters. The first kappa shape index (κ1) is 24.9. The lowest BCUT2D eigenvalue weighted by Gasteiger charge is -2.12. The number of nitrogens with one attached hydrogen (secondary N) is 1. The molecular weight excluding hydrogens is 476 g/mol. The fraction of sp³-hybridized carbons (Fsp3) is 0.143. The molecule has 0 aromatic heterocycles. The van der Waals surface area contributed by atoms with Crippen molar-refractivity contribution in [2.75, 3.05) is 18.5 Å². The highest BCUT2D eigenvalue weighted by atomic mass is 32.2. The van der Waals surface area contributed by atoms with Crippen LogP contribution >= 0.6 is 11.8 Å². The molecule has 1 fully saturated rings. The average Bonchev–Trinajstić information content (AvgIpc) is 3.15. The minimum Gasteiger partial charge on any atom is -0.452 e. The summed E-state index contributed by atoms with van der Waals surface area (Å²) in [5.41, 5.74) is 3.68. The maximum atomic E-state index is 12.7. The minimum atomic E-state index is -0.637. The molecule has 7 nitrogen and oxygen atoms in total. The maximum Gasteiger partial charge on any atom is 0.338 e. The number of hydrogen-bond donors (Lipinski definition) is 1. The van der Waals surface area contributed by atoms with Crippen LogP contribution in [0.3, 0.4) is 0 Å². The van der Waals surface area contributed by atoms with Gasteiger partial charge in [0.25, 0.3) is 17.1 Å². The van der Waals surface area contributed by atoms with Gasteiger partial charge in [0, 0.05) is 12.2 Å². The molecule has 182 valence electrons. The van der Waals surface area contributed by atoms with Gasteiger partial charge in [-0.1, -0.05) is 60.2 Å². The van der Waals surface area contributed by atoms with Gasteiger partial charge >= 0.3 is 5.97 Å². The van der Waals surface area contributed by atoms with Crippen LogP contribution in [0.5, 0.6) is 0 Å². The van der Waals surface area contributed by atoms with Crippen LogP contribution in [0.25, 0.3) is 6.08 Å². The Labute approximate surface area is 213 Å². The Kier molecular flexibility index (Phi) is 7.97. The Morgan fingerprint density at radius 1 is 0.944 bits per heavy atom. The average molecular weight is 501 g/mol.